The molecule has 0 N–H and O–H groups in total. The molecule has 25 heavy (non-hydrogen) atoms. The molecule has 0 unspecified atom stereocenters. The van der Waals surface area contributed by atoms with Crippen LogP contribution in [0, 0.1) is 18.3 Å². The zero-order valence-corrected chi connectivity index (χ0v) is 14.0. The lowest BCUT2D eigenvalue weighted by Crippen LogP contribution is -2.02. The third-order valence-corrected chi connectivity index (χ3v) is 3.75. The first-order valence-corrected chi connectivity index (χ1v) is 8.07. The number of benzene rings is 2. The minimum atomic E-state index is 0.523. The second-order valence-electron chi connectivity index (χ2n) is 5.52. The van der Waals surface area contributed by atoms with Crippen molar-refractivity contribution >= 4 is 6.08 Å². The molecule has 1 aromatic heterocycles. The van der Waals surface area contributed by atoms with Crippen molar-refractivity contribution in [2.75, 3.05) is 6.61 Å². The van der Waals surface area contributed by atoms with E-state index in [0.717, 1.165) is 28.3 Å². The first-order valence-electron chi connectivity index (χ1n) is 8.07. The maximum Gasteiger partial charge on any atom is 0.226 e. The molecule has 1 heterocycles. The van der Waals surface area contributed by atoms with E-state index in [4.69, 9.17) is 14.4 Å². The smallest absolute Gasteiger partial charge is 0.226 e. The van der Waals surface area contributed by atoms with Crippen LogP contribution in [0.2, 0.25) is 0 Å². The van der Waals surface area contributed by atoms with Crippen LogP contribution in [-0.4, -0.2) is 11.6 Å². The highest BCUT2D eigenvalue weighted by molar-refractivity contribution is 5.53. The highest BCUT2D eigenvalue weighted by Crippen LogP contribution is 2.22. The SMILES string of the molecule is Cc1oc(-c2ccccc2)nc1CCOc1ccc(C=CC#N)cc1. The predicted molar refractivity (Wildman–Crippen MR) is 97.0 cm³/mol. The molecule has 0 amide bonds. The molecule has 124 valence electrons. The van der Waals surface area contributed by atoms with Crippen LogP contribution in [0.25, 0.3) is 17.5 Å². The Morgan fingerprint density at radius 3 is 2.60 bits per heavy atom. The lowest BCUT2D eigenvalue weighted by Gasteiger charge is -2.05. The summed E-state index contributed by atoms with van der Waals surface area (Å²) < 4.78 is 11.5. The molecule has 4 heteroatoms. The van der Waals surface area contributed by atoms with Gasteiger partial charge >= 0.3 is 0 Å². The van der Waals surface area contributed by atoms with Gasteiger partial charge in [0.2, 0.25) is 5.89 Å². The van der Waals surface area contributed by atoms with Gasteiger partial charge in [-0.25, -0.2) is 4.98 Å². The predicted octanol–water partition coefficient (Wildman–Crippen LogP) is 4.81. The standard InChI is InChI=1S/C21H18N2O2/c1-16-20(23-21(25-16)18-7-3-2-4-8-18)13-15-24-19-11-9-17(10-12-19)6-5-14-22/h2-12H,13,15H2,1H3. The van der Waals surface area contributed by atoms with Crippen molar-refractivity contribution in [2.24, 2.45) is 0 Å². The van der Waals surface area contributed by atoms with Gasteiger partial charge in [-0.05, 0) is 42.8 Å². The minimum Gasteiger partial charge on any atom is -0.493 e. The maximum absolute atomic E-state index is 8.53. The summed E-state index contributed by atoms with van der Waals surface area (Å²) in [6, 6.07) is 19.4. The Hall–Kier alpha value is -3.32. The molecule has 0 atom stereocenters. The van der Waals surface area contributed by atoms with E-state index in [1.165, 1.54) is 6.08 Å². The summed E-state index contributed by atoms with van der Waals surface area (Å²) in [5.74, 6) is 2.25. The van der Waals surface area contributed by atoms with Crippen LogP contribution in [0.5, 0.6) is 5.75 Å². The van der Waals surface area contributed by atoms with Gasteiger partial charge in [0.25, 0.3) is 0 Å². The van der Waals surface area contributed by atoms with Gasteiger partial charge in [-0.3, -0.25) is 0 Å². The third kappa shape index (κ3) is 4.36. The van der Waals surface area contributed by atoms with Gasteiger partial charge in [0.15, 0.2) is 0 Å². The molecule has 0 aliphatic carbocycles. The quantitative estimate of drug-likeness (QED) is 0.609. The molecule has 0 fully saturated rings. The van der Waals surface area contributed by atoms with E-state index < -0.39 is 0 Å². The van der Waals surface area contributed by atoms with Gasteiger partial charge in [-0.2, -0.15) is 5.26 Å². The van der Waals surface area contributed by atoms with E-state index in [1.54, 1.807) is 6.08 Å². The van der Waals surface area contributed by atoms with Crippen molar-refractivity contribution < 1.29 is 9.15 Å². The van der Waals surface area contributed by atoms with Crippen LogP contribution in [-0.2, 0) is 6.42 Å². The van der Waals surface area contributed by atoms with E-state index in [1.807, 2.05) is 67.6 Å². The Bertz CT molecular complexity index is 888. The van der Waals surface area contributed by atoms with Crippen LogP contribution in [0.4, 0.5) is 0 Å². The molecular formula is C21H18N2O2. The van der Waals surface area contributed by atoms with Gasteiger partial charge in [-0.15, -0.1) is 0 Å². The summed E-state index contributed by atoms with van der Waals surface area (Å²) >= 11 is 0. The fraction of sp³-hybridized carbons (Fsp3) is 0.143. The molecule has 3 rings (SSSR count). The van der Waals surface area contributed by atoms with Crippen molar-refractivity contribution in [3.05, 3.63) is 77.7 Å². The first-order chi connectivity index (χ1) is 12.3. The lowest BCUT2D eigenvalue weighted by molar-refractivity contribution is 0.320. The monoisotopic (exact) mass is 330 g/mol. The summed E-state index contributed by atoms with van der Waals surface area (Å²) in [5, 5.41) is 8.53. The summed E-state index contributed by atoms with van der Waals surface area (Å²) in [6.07, 6.45) is 3.89. The van der Waals surface area contributed by atoms with Crippen molar-refractivity contribution in [1.82, 2.24) is 4.98 Å². The fourth-order valence-electron chi connectivity index (χ4n) is 2.44. The van der Waals surface area contributed by atoms with E-state index in [2.05, 4.69) is 4.98 Å². The zero-order chi connectivity index (χ0) is 17.5. The molecule has 0 aliphatic heterocycles. The van der Waals surface area contributed by atoms with E-state index in [9.17, 15) is 0 Å². The molecule has 0 saturated carbocycles. The summed E-state index contributed by atoms with van der Waals surface area (Å²) in [6.45, 7) is 2.44. The Morgan fingerprint density at radius 2 is 1.88 bits per heavy atom. The first kappa shape index (κ1) is 16.5. The van der Waals surface area contributed by atoms with Gasteiger partial charge in [-0.1, -0.05) is 30.3 Å². The van der Waals surface area contributed by atoms with Crippen LogP contribution >= 0.6 is 0 Å². The highest BCUT2D eigenvalue weighted by atomic mass is 16.5. The molecule has 3 aromatic rings. The number of ether oxygens (including phenoxy) is 1. The largest absolute Gasteiger partial charge is 0.493 e. The van der Waals surface area contributed by atoms with E-state index in [-0.39, 0.29) is 0 Å². The number of oxazole rings is 1. The topological polar surface area (TPSA) is 59.1 Å². The van der Waals surface area contributed by atoms with Gasteiger partial charge < -0.3 is 9.15 Å². The second-order valence-corrected chi connectivity index (χ2v) is 5.52. The number of hydrogen-bond donors (Lipinski definition) is 0. The Kier molecular flexibility index (Phi) is 5.28. The van der Waals surface area contributed by atoms with Crippen molar-refractivity contribution in [3.63, 3.8) is 0 Å². The number of hydrogen-bond acceptors (Lipinski definition) is 4. The van der Waals surface area contributed by atoms with Gasteiger partial charge in [0.05, 0.1) is 18.4 Å². The van der Waals surface area contributed by atoms with Crippen molar-refractivity contribution in [2.45, 2.75) is 13.3 Å². The van der Waals surface area contributed by atoms with Crippen LogP contribution in [0.3, 0.4) is 0 Å². The summed E-state index contributed by atoms with van der Waals surface area (Å²) in [4.78, 5) is 4.57. The van der Waals surface area contributed by atoms with Crippen LogP contribution < -0.4 is 4.74 Å². The maximum atomic E-state index is 8.53. The van der Waals surface area contributed by atoms with Crippen molar-refractivity contribution in [3.8, 4) is 23.3 Å². The average Bonchev–Trinajstić information content (AvgIpc) is 3.03. The fourth-order valence-corrected chi connectivity index (χ4v) is 2.44. The normalized spacial score (nSPS) is 10.7. The molecule has 0 bridgehead atoms. The number of nitriles is 1. The number of allylic oxidation sites excluding steroid dienone is 1. The number of aromatic nitrogens is 1. The molecule has 0 saturated heterocycles. The van der Waals surface area contributed by atoms with Gasteiger partial charge in [0, 0.05) is 18.1 Å². The average molecular weight is 330 g/mol. The number of nitrogens with zero attached hydrogens (tertiary/aromatic N) is 2. The highest BCUT2D eigenvalue weighted by Gasteiger charge is 2.11. The molecule has 0 radical (unpaired) electrons. The van der Waals surface area contributed by atoms with E-state index in [0.29, 0.717) is 18.9 Å². The number of aryl methyl sites for hydroxylation is 1. The third-order valence-electron chi connectivity index (χ3n) is 3.75. The minimum absolute atomic E-state index is 0.523. The van der Waals surface area contributed by atoms with Crippen LogP contribution in [0.1, 0.15) is 17.0 Å². The molecular weight excluding hydrogens is 312 g/mol. The Morgan fingerprint density at radius 1 is 1.12 bits per heavy atom. The summed E-state index contributed by atoms with van der Waals surface area (Å²) in [7, 11) is 0. The summed E-state index contributed by atoms with van der Waals surface area (Å²) in [5.41, 5.74) is 2.85. The molecule has 4 nitrogen and oxygen atoms in total. The molecule has 0 aliphatic rings. The Labute approximate surface area is 147 Å². The zero-order valence-electron chi connectivity index (χ0n) is 14.0. The number of rotatable bonds is 6. The second kappa shape index (κ2) is 7.98. The molecule has 0 spiro atoms. The lowest BCUT2D eigenvalue weighted by atomic mass is 10.2. The molecule has 2 aromatic carbocycles. The van der Waals surface area contributed by atoms with Crippen LogP contribution in [0.15, 0.2) is 65.1 Å². The van der Waals surface area contributed by atoms with E-state index >= 15 is 0 Å². The van der Waals surface area contributed by atoms with Crippen molar-refractivity contribution in [1.29, 1.82) is 5.26 Å². The van der Waals surface area contributed by atoms with Gasteiger partial charge in [0.1, 0.15) is 11.5 Å². The Balaban J connectivity index is 1.58.